The number of ether oxygens (including phenoxy) is 1. The minimum Gasteiger partial charge on any atom is -0.380 e. The molecule has 1 unspecified atom stereocenters. The van der Waals surface area contributed by atoms with Crippen LogP contribution in [0, 0.1) is 0 Å². The molecule has 1 atom stereocenters. The molecule has 0 spiro atoms. The van der Waals surface area contributed by atoms with Gasteiger partial charge in [-0.25, -0.2) is 0 Å². The molecule has 0 aromatic carbocycles. The first-order valence-electron chi connectivity index (χ1n) is 7.16. The molecule has 0 rings (SSSR count). The molecule has 0 aromatic heterocycles. The molecule has 0 aromatic rings. The van der Waals surface area contributed by atoms with E-state index in [-0.39, 0.29) is 0 Å². The molecule has 0 aliphatic heterocycles. The molecule has 1 N–H and O–H groups in total. The second kappa shape index (κ2) is 13.0. The van der Waals surface area contributed by atoms with Crippen molar-refractivity contribution in [2.75, 3.05) is 19.8 Å². The van der Waals surface area contributed by atoms with E-state index in [4.69, 9.17) is 4.74 Å². The van der Waals surface area contributed by atoms with Crippen LogP contribution < -0.4 is 5.32 Å². The van der Waals surface area contributed by atoms with Gasteiger partial charge in [0.25, 0.3) is 0 Å². The number of hydrogen-bond donors (Lipinski definition) is 1. The Morgan fingerprint density at radius 3 is 2.38 bits per heavy atom. The molecule has 0 aliphatic rings. The summed E-state index contributed by atoms with van der Waals surface area (Å²) < 4.78 is 5.64. The average molecular weight is 229 g/mol. The fraction of sp³-hybridized carbons (Fsp3) is 1.00. The summed E-state index contributed by atoms with van der Waals surface area (Å²) in [5.74, 6) is 0. The van der Waals surface area contributed by atoms with E-state index < -0.39 is 0 Å². The van der Waals surface area contributed by atoms with Gasteiger partial charge < -0.3 is 10.1 Å². The Labute approximate surface area is 102 Å². The number of nitrogens with one attached hydrogen (secondary N) is 1. The molecule has 2 heteroatoms. The van der Waals surface area contributed by atoms with Crippen molar-refractivity contribution in [3.05, 3.63) is 0 Å². The monoisotopic (exact) mass is 229 g/mol. The Morgan fingerprint density at radius 2 is 1.75 bits per heavy atom. The zero-order valence-electron chi connectivity index (χ0n) is 11.6. The molecule has 98 valence electrons. The van der Waals surface area contributed by atoms with Crippen LogP contribution in [0.1, 0.15) is 65.7 Å². The van der Waals surface area contributed by atoms with Gasteiger partial charge in [0.1, 0.15) is 0 Å². The van der Waals surface area contributed by atoms with Gasteiger partial charge in [0.05, 0.1) is 6.61 Å². The second-order valence-electron chi connectivity index (χ2n) is 4.58. The molecule has 0 aliphatic carbocycles. The summed E-state index contributed by atoms with van der Waals surface area (Å²) in [5, 5.41) is 3.58. The van der Waals surface area contributed by atoms with Crippen molar-refractivity contribution in [3.63, 3.8) is 0 Å². The quantitative estimate of drug-likeness (QED) is 0.515. The van der Waals surface area contributed by atoms with Gasteiger partial charge in [-0.1, -0.05) is 46.5 Å². The molecular weight excluding hydrogens is 198 g/mol. The van der Waals surface area contributed by atoms with Gasteiger partial charge in [-0.05, 0) is 25.8 Å². The summed E-state index contributed by atoms with van der Waals surface area (Å²) >= 11 is 0. The van der Waals surface area contributed by atoms with E-state index in [0.29, 0.717) is 6.04 Å². The second-order valence-corrected chi connectivity index (χ2v) is 4.58. The summed E-state index contributed by atoms with van der Waals surface area (Å²) in [6, 6.07) is 0.573. The highest BCUT2D eigenvalue weighted by atomic mass is 16.5. The smallest absolute Gasteiger partial charge is 0.0619 e. The van der Waals surface area contributed by atoms with Crippen LogP contribution in [0.2, 0.25) is 0 Å². The van der Waals surface area contributed by atoms with E-state index in [2.05, 4.69) is 26.1 Å². The molecule has 16 heavy (non-hydrogen) atoms. The third-order valence-electron chi connectivity index (χ3n) is 2.76. The minimum atomic E-state index is 0.573. The van der Waals surface area contributed by atoms with Gasteiger partial charge in [-0.15, -0.1) is 0 Å². The molecule has 0 amide bonds. The average Bonchev–Trinajstić information content (AvgIpc) is 2.31. The summed E-state index contributed by atoms with van der Waals surface area (Å²) in [6.45, 7) is 9.55. The van der Waals surface area contributed by atoms with Gasteiger partial charge in [0.2, 0.25) is 0 Å². The fourth-order valence-electron chi connectivity index (χ4n) is 1.78. The van der Waals surface area contributed by atoms with Crippen LogP contribution in [0.4, 0.5) is 0 Å². The van der Waals surface area contributed by atoms with E-state index >= 15 is 0 Å². The van der Waals surface area contributed by atoms with Crippen LogP contribution in [0.25, 0.3) is 0 Å². The number of rotatable bonds is 12. The Hall–Kier alpha value is -0.0800. The van der Waals surface area contributed by atoms with Crippen LogP contribution >= 0.6 is 0 Å². The predicted molar refractivity (Wildman–Crippen MR) is 72.0 cm³/mol. The van der Waals surface area contributed by atoms with Crippen molar-refractivity contribution in [3.8, 4) is 0 Å². The Balaban J connectivity index is 3.54. The van der Waals surface area contributed by atoms with Gasteiger partial charge in [0.15, 0.2) is 0 Å². The molecule has 0 radical (unpaired) electrons. The molecule has 0 saturated carbocycles. The molecule has 0 bridgehead atoms. The lowest BCUT2D eigenvalue weighted by atomic mass is 10.1. The van der Waals surface area contributed by atoms with Crippen molar-refractivity contribution < 1.29 is 4.74 Å². The van der Waals surface area contributed by atoms with Crippen molar-refractivity contribution in [2.45, 2.75) is 71.8 Å². The van der Waals surface area contributed by atoms with Crippen LogP contribution in [0.5, 0.6) is 0 Å². The van der Waals surface area contributed by atoms with Crippen molar-refractivity contribution in [1.29, 1.82) is 0 Å². The standard InChI is InChI=1S/C14H31NO/c1-4-7-8-9-10-14(15-11-5-2)13-16-12-6-3/h14-15H,4-13H2,1-3H3. The van der Waals surface area contributed by atoms with E-state index in [9.17, 15) is 0 Å². The van der Waals surface area contributed by atoms with Crippen LogP contribution in [0.15, 0.2) is 0 Å². The van der Waals surface area contributed by atoms with Crippen molar-refractivity contribution in [2.24, 2.45) is 0 Å². The van der Waals surface area contributed by atoms with E-state index in [1.807, 2.05) is 0 Å². The third kappa shape index (κ3) is 10.4. The first kappa shape index (κ1) is 15.9. The van der Waals surface area contributed by atoms with Crippen LogP contribution in [-0.4, -0.2) is 25.8 Å². The summed E-state index contributed by atoms with van der Waals surface area (Å²) in [7, 11) is 0. The lowest BCUT2D eigenvalue weighted by molar-refractivity contribution is 0.108. The first-order valence-corrected chi connectivity index (χ1v) is 7.16. The van der Waals surface area contributed by atoms with Crippen LogP contribution in [-0.2, 0) is 4.74 Å². The van der Waals surface area contributed by atoms with Crippen molar-refractivity contribution >= 4 is 0 Å². The summed E-state index contributed by atoms with van der Waals surface area (Å²) in [4.78, 5) is 0. The minimum absolute atomic E-state index is 0.573. The lowest BCUT2D eigenvalue weighted by Crippen LogP contribution is -2.34. The highest BCUT2D eigenvalue weighted by molar-refractivity contribution is 4.66. The first-order chi connectivity index (χ1) is 7.85. The molecule has 0 heterocycles. The lowest BCUT2D eigenvalue weighted by Gasteiger charge is -2.18. The maximum absolute atomic E-state index is 5.64. The topological polar surface area (TPSA) is 21.3 Å². The zero-order chi connectivity index (χ0) is 12.1. The van der Waals surface area contributed by atoms with Gasteiger partial charge in [-0.2, -0.15) is 0 Å². The largest absolute Gasteiger partial charge is 0.380 e. The molecular formula is C14H31NO. The Kier molecular flexibility index (Phi) is 12.9. The Morgan fingerprint density at radius 1 is 0.938 bits per heavy atom. The van der Waals surface area contributed by atoms with Gasteiger partial charge >= 0.3 is 0 Å². The highest BCUT2D eigenvalue weighted by Crippen LogP contribution is 2.06. The highest BCUT2D eigenvalue weighted by Gasteiger charge is 2.06. The van der Waals surface area contributed by atoms with E-state index in [1.165, 1.54) is 38.5 Å². The summed E-state index contributed by atoms with van der Waals surface area (Å²) in [6.07, 6.45) is 8.99. The van der Waals surface area contributed by atoms with Crippen LogP contribution in [0.3, 0.4) is 0 Å². The normalized spacial score (nSPS) is 12.9. The van der Waals surface area contributed by atoms with E-state index in [1.54, 1.807) is 0 Å². The van der Waals surface area contributed by atoms with Crippen molar-refractivity contribution in [1.82, 2.24) is 5.32 Å². The summed E-state index contributed by atoms with van der Waals surface area (Å²) in [5.41, 5.74) is 0. The number of unbranched alkanes of at least 4 members (excludes halogenated alkanes) is 3. The molecule has 0 fully saturated rings. The maximum Gasteiger partial charge on any atom is 0.0619 e. The third-order valence-corrected chi connectivity index (χ3v) is 2.76. The predicted octanol–water partition coefficient (Wildman–Crippen LogP) is 3.75. The maximum atomic E-state index is 5.64. The SMILES string of the molecule is CCCCCCC(COCCC)NCCC. The fourth-order valence-corrected chi connectivity index (χ4v) is 1.78. The van der Waals surface area contributed by atoms with Gasteiger partial charge in [0, 0.05) is 12.6 Å². The molecule has 0 saturated heterocycles. The molecule has 2 nitrogen and oxygen atoms in total. The van der Waals surface area contributed by atoms with E-state index in [0.717, 1.165) is 26.2 Å². The van der Waals surface area contributed by atoms with Gasteiger partial charge in [-0.3, -0.25) is 0 Å². The zero-order valence-corrected chi connectivity index (χ0v) is 11.6. The number of hydrogen-bond acceptors (Lipinski definition) is 2. The Bertz CT molecular complexity index is 128.